The molecule has 3 heteroatoms. The summed E-state index contributed by atoms with van der Waals surface area (Å²) < 4.78 is 19.7. The molecule has 0 aromatic heterocycles. The standard InChI is InChI=1S/C17H20FNO/c1-11-9-12(2)15(14(18)10-11)16(19)17(20-3)13-7-5-4-6-8-13/h4-10,16-17H,19H2,1-3H3. The molecule has 2 N–H and O–H groups in total. The second kappa shape index (κ2) is 6.16. The maximum absolute atomic E-state index is 14.2. The van der Waals surface area contributed by atoms with E-state index in [-0.39, 0.29) is 11.9 Å². The van der Waals surface area contributed by atoms with Crippen molar-refractivity contribution in [3.63, 3.8) is 0 Å². The third-order valence-corrected chi connectivity index (χ3v) is 3.52. The molecule has 0 saturated carbocycles. The monoisotopic (exact) mass is 273 g/mol. The SMILES string of the molecule is COC(c1ccccc1)C(N)c1c(C)cc(C)cc1F. The summed E-state index contributed by atoms with van der Waals surface area (Å²) in [5, 5.41) is 0. The van der Waals surface area contributed by atoms with Crippen LogP contribution in [0.15, 0.2) is 42.5 Å². The Morgan fingerprint density at radius 3 is 2.30 bits per heavy atom. The van der Waals surface area contributed by atoms with Crippen molar-refractivity contribution >= 4 is 0 Å². The average molecular weight is 273 g/mol. The highest BCUT2D eigenvalue weighted by Gasteiger charge is 2.25. The summed E-state index contributed by atoms with van der Waals surface area (Å²) in [7, 11) is 1.60. The average Bonchev–Trinajstić information content (AvgIpc) is 2.39. The molecule has 0 aliphatic carbocycles. The maximum Gasteiger partial charge on any atom is 0.128 e. The van der Waals surface area contributed by atoms with Crippen LogP contribution in [-0.4, -0.2) is 7.11 Å². The van der Waals surface area contributed by atoms with Gasteiger partial charge >= 0.3 is 0 Å². The van der Waals surface area contributed by atoms with Crippen molar-refractivity contribution in [1.29, 1.82) is 0 Å². The molecule has 2 rings (SSSR count). The summed E-state index contributed by atoms with van der Waals surface area (Å²) in [4.78, 5) is 0. The lowest BCUT2D eigenvalue weighted by atomic mass is 9.92. The number of hydrogen-bond donors (Lipinski definition) is 1. The summed E-state index contributed by atoms with van der Waals surface area (Å²) in [6, 6.07) is 12.6. The zero-order valence-electron chi connectivity index (χ0n) is 12.1. The normalized spacial score (nSPS) is 14.1. The number of methoxy groups -OCH3 is 1. The van der Waals surface area contributed by atoms with E-state index in [0.717, 1.165) is 16.7 Å². The van der Waals surface area contributed by atoms with Crippen LogP contribution in [0.1, 0.15) is 34.4 Å². The summed E-state index contributed by atoms with van der Waals surface area (Å²) in [5.41, 5.74) is 9.48. The van der Waals surface area contributed by atoms with Crippen LogP contribution in [0.25, 0.3) is 0 Å². The van der Waals surface area contributed by atoms with Crippen molar-refractivity contribution in [1.82, 2.24) is 0 Å². The molecular weight excluding hydrogens is 253 g/mol. The highest BCUT2D eigenvalue weighted by molar-refractivity contribution is 5.36. The van der Waals surface area contributed by atoms with E-state index in [1.165, 1.54) is 6.07 Å². The van der Waals surface area contributed by atoms with E-state index in [9.17, 15) is 4.39 Å². The smallest absolute Gasteiger partial charge is 0.128 e. The van der Waals surface area contributed by atoms with Crippen molar-refractivity contribution in [2.45, 2.75) is 26.0 Å². The lowest BCUT2D eigenvalue weighted by Gasteiger charge is -2.25. The summed E-state index contributed by atoms with van der Waals surface area (Å²) in [6.45, 7) is 3.75. The lowest BCUT2D eigenvalue weighted by molar-refractivity contribution is 0.0789. The first kappa shape index (κ1) is 14.7. The Bertz CT molecular complexity index is 560. The number of halogens is 1. The van der Waals surface area contributed by atoms with E-state index in [1.54, 1.807) is 7.11 Å². The molecule has 106 valence electrons. The van der Waals surface area contributed by atoms with Gasteiger partial charge < -0.3 is 10.5 Å². The number of ether oxygens (including phenoxy) is 1. The first-order valence-electron chi connectivity index (χ1n) is 6.64. The Labute approximate surface area is 119 Å². The molecule has 2 aromatic rings. The van der Waals surface area contributed by atoms with E-state index in [2.05, 4.69) is 0 Å². The fraction of sp³-hybridized carbons (Fsp3) is 0.294. The van der Waals surface area contributed by atoms with E-state index < -0.39 is 6.04 Å². The molecule has 0 heterocycles. The molecule has 0 fully saturated rings. The zero-order chi connectivity index (χ0) is 14.7. The van der Waals surface area contributed by atoms with Crippen LogP contribution in [0.3, 0.4) is 0 Å². The Kier molecular flexibility index (Phi) is 4.53. The van der Waals surface area contributed by atoms with Gasteiger partial charge in [0.15, 0.2) is 0 Å². The second-order valence-corrected chi connectivity index (χ2v) is 5.07. The number of rotatable bonds is 4. The van der Waals surface area contributed by atoms with Crippen molar-refractivity contribution in [2.75, 3.05) is 7.11 Å². The van der Waals surface area contributed by atoms with E-state index in [1.807, 2.05) is 50.2 Å². The summed E-state index contributed by atoms with van der Waals surface area (Å²) >= 11 is 0. The van der Waals surface area contributed by atoms with Gasteiger partial charge in [0.25, 0.3) is 0 Å². The summed E-state index contributed by atoms with van der Waals surface area (Å²) in [6.07, 6.45) is -0.368. The zero-order valence-corrected chi connectivity index (χ0v) is 12.1. The molecule has 0 radical (unpaired) electrons. The van der Waals surface area contributed by atoms with E-state index in [4.69, 9.17) is 10.5 Å². The number of hydrogen-bond acceptors (Lipinski definition) is 2. The highest BCUT2D eigenvalue weighted by Crippen LogP contribution is 2.33. The highest BCUT2D eigenvalue weighted by atomic mass is 19.1. The molecule has 0 amide bonds. The largest absolute Gasteiger partial charge is 0.375 e. The van der Waals surface area contributed by atoms with Gasteiger partial charge in [-0.05, 0) is 36.6 Å². The Morgan fingerprint density at radius 1 is 1.10 bits per heavy atom. The van der Waals surface area contributed by atoms with Gasteiger partial charge in [-0.25, -0.2) is 4.39 Å². The van der Waals surface area contributed by atoms with E-state index in [0.29, 0.717) is 5.56 Å². The molecule has 0 bridgehead atoms. The molecule has 2 unspecified atom stereocenters. The first-order valence-corrected chi connectivity index (χ1v) is 6.64. The minimum atomic E-state index is -0.539. The van der Waals surface area contributed by atoms with Crippen LogP contribution in [0.5, 0.6) is 0 Å². The van der Waals surface area contributed by atoms with Crippen molar-refractivity contribution in [3.05, 3.63) is 70.5 Å². The van der Waals surface area contributed by atoms with Crippen molar-refractivity contribution in [3.8, 4) is 0 Å². The van der Waals surface area contributed by atoms with Crippen LogP contribution in [0.4, 0.5) is 4.39 Å². The van der Waals surface area contributed by atoms with Crippen molar-refractivity contribution in [2.24, 2.45) is 5.73 Å². The number of aryl methyl sites for hydroxylation is 2. The van der Waals surface area contributed by atoms with Crippen molar-refractivity contribution < 1.29 is 9.13 Å². The van der Waals surface area contributed by atoms with Gasteiger partial charge in [-0.2, -0.15) is 0 Å². The summed E-state index contributed by atoms with van der Waals surface area (Å²) in [5.74, 6) is -0.270. The van der Waals surface area contributed by atoms with Gasteiger partial charge in [-0.15, -0.1) is 0 Å². The minimum Gasteiger partial charge on any atom is -0.375 e. The number of benzene rings is 2. The van der Waals surface area contributed by atoms with Crippen LogP contribution in [-0.2, 0) is 4.74 Å². The molecular formula is C17H20FNO. The Hall–Kier alpha value is -1.71. The second-order valence-electron chi connectivity index (χ2n) is 5.07. The predicted octanol–water partition coefficient (Wildman–Crippen LogP) is 3.83. The van der Waals surface area contributed by atoms with Gasteiger partial charge in [0, 0.05) is 12.7 Å². The quantitative estimate of drug-likeness (QED) is 0.918. The topological polar surface area (TPSA) is 35.2 Å². The molecule has 2 atom stereocenters. The van der Waals surface area contributed by atoms with Crippen LogP contribution < -0.4 is 5.73 Å². The third kappa shape index (κ3) is 2.89. The fourth-order valence-electron chi connectivity index (χ4n) is 2.63. The molecule has 2 aromatic carbocycles. The Morgan fingerprint density at radius 2 is 1.75 bits per heavy atom. The maximum atomic E-state index is 14.2. The van der Waals surface area contributed by atoms with Gasteiger partial charge in [-0.3, -0.25) is 0 Å². The van der Waals surface area contributed by atoms with Gasteiger partial charge in [-0.1, -0.05) is 36.4 Å². The van der Waals surface area contributed by atoms with Crippen LogP contribution >= 0.6 is 0 Å². The van der Waals surface area contributed by atoms with Crippen LogP contribution in [0.2, 0.25) is 0 Å². The van der Waals surface area contributed by atoms with Gasteiger partial charge in [0.05, 0.1) is 6.04 Å². The molecule has 0 aliphatic rings. The third-order valence-electron chi connectivity index (χ3n) is 3.52. The first-order chi connectivity index (χ1) is 9.54. The lowest BCUT2D eigenvalue weighted by Crippen LogP contribution is -2.23. The van der Waals surface area contributed by atoms with Crippen LogP contribution in [0, 0.1) is 19.7 Å². The molecule has 0 aliphatic heterocycles. The molecule has 0 spiro atoms. The van der Waals surface area contributed by atoms with Gasteiger partial charge in [0.2, 0.25) is 0 Å². The minimum absolute atomic E-state index is 0.270. The molecule has 0 saturated heterocycles. The Balaban J connectivity index is 2.42. The van der Waals surface area contributed by atoms with E-state index >= 15 is 0 Å². The molecule has 2 nitrogen and oxygen atoms in total. The fourth-order valence-corrected chi connectivity index (χ4v) is 2.63. The number of nitrogens with two attached hydrogens (primary N) is 1. The van der Waals surface area contributed by atoms with Gasteiger partial charge in [0.1, 0.15) is 11.9 Å². The predicted molar refractivity (Wildman–Crippen MR) is 79.0 cm³/mol. The molecule has 20 heavy (non-hydrogen) atoms.